The van der Waals surface area contributed by atoms with E-state index in [4.69, 9.17) is 5.73 Å². The first kappa shape index (κ1) is 15.2. The molecular weight excluding hydrogens is 294 g/mol. The standard InChI is InChI=1S/C16H19N5O2/c17-14(22)12-2-4-13(5-3-12)20-15(23)16(6-9-18-10-7-16)21-11-1-8-19-21/h1-5,8,11,18H,6-7,9-10H2,(H2,17,22)(H,20,23). The van der Waals surface area contributed by atoms with E-state index in [1.807, 2.05) is 12.3 Å². The number of piperidine rings is 1. The molecule has 7 nitrogen and oxygen atoms in total. The average Bonchev–Trinajstić information content (AvgIpc) is 3.11. The first-order valence-corrected chi connectivity index (χ1v) is 7.54. The maximum absolute atomic E-state index is 12.9. The summed E-state index contributed by atoms with van der Waals surface area (Å²) in [5, 5.41) is 10.5. The second-order valence-corrected chi connectivity index (χ2v) is 5.63. The lowest BCUT2D eigenvalue weighted by atomic mass is 9.87. The fourth-order valence-corrected chi connectivity index (χ4v) is 2.89. The largest absolute Gasteiger partial charge is 0.366 e. The highest BCUT2D eigenvalue weighted by Gasteiger charge is 2.41. The number of primary amides is 1. The summed E-state index contributed by atoms with van der Waals surface area (Å²) in [6, 6.07) is 8.37. The third kappa shape index (κ3) is 2.95. The molecule has 1 saturated heterocycles. The molecule has 0 unspecified atom stereocenters. The summed E-state index contributed by atoms with van der Waals surface area (Å²) in [5.74, 6) is -0.594. The number of nitrogens with zero attached hydrogens (tertiary/aromatic N) is 2. The van der Waals surface area contributed by atoms with Gasteiger partial charge in [0.05, 0.1) is 0 Å². The maximum atomic E-state index is 12.9. The number of carbonyl (C=O) groups excluding carboxylic acids is 2. The van der Waals surface area contributed by atoms with Crippen molar-refractivity contribution in [3.8, 4) is 0 Å². The van der Waals surface area contributed by atoms with E-state index in [1.54, 1.807) is 35.1 Å². The number of rotatable bonds is 4. The second kappa shape index (κ2) is 6.21. The van der Waals surface area contributed by atoms with E-state index in [2.05, 4.69) is 15.7 Å². The molecule has 4 N–H and O–H groups in total. The maximum Gasteiger partial charge on any atom is 0.252 e. The molecule has 1 fully saturated rings. The van der Waals surface area contributed by atoms with Crippen molar-refractivity contribution in [2.24, 2.45) is 5.73 Å². The van der Waals surface area contributed by atoms with Gasteiger partial charge in [0.15, 0.2) is 0 Å². The highest BCUT2D eigenvalue weighted by molar-refractivity contribution is 5.98. The first-order valence-electron chi connectivity index (χ1n) is 7.54. The Kier molecular flexibility index (Phi) is 4.12. The summed E-state index contributed by atoms with van der Waals surface area (Å²) in [6.07, 6.45) is 4.83. The Morgan fingerprint density at radius 3 is 2.48 bits per heavy atom. The number of benzene rings is 1. The van der Waals surface area contributed by atoms with Crippen LogP contribution >= 0.6 is 0 Å². The molecule has 23 heavy (non-hydrogen) atoms. The molecule has 0 saturated carbocycles. The lowest BCUT2D eigenvalue weighted by molar-refractivity contribution is -0.126. The highest BCUT2D eigenvalue weighted by atomic mass is 16.2. The van der Waals surface area contributed by atoms with Crippen LogP contribution in [0, 0.1) is 0 Å². The number of hydrogen-bond donors (Lipinski definition) is 3. The van der Waals surface area contributed by atoms with E-state index in [0.29, 0.717) is 24.1 Å². The minimum atomic E-state index is -0.697. The molecule has 1 aromatic carbocycles. The zero-order valence-electron chi connectivity index (χ0n) is 12.7. The van der Waals surface area contributed by atoms with Gasteiger partial charge in [-0.2, -0.15) is 5.10 Å². The SMILES string of the molecule is NC(=O)c1ccc(NC(=O)C2(n3cccn3)CCNCC2)cc1. The highest BCUT2D eigenvalue weighted by Crippen LogP contribution is 2.28. The molecule has 1 aromatic heterocycles. The topological polar surface area (TPSA) is 102 Å². The lowest BCUT2D eigenvalue weighted by Crippen LogP contribution is -2.52. The van der Waals surface area contributed by atoms with Crippen molar-refractivity contribution < 1.29 is 9.59 Å². The molecule has 0 bridgehead atoms. The van der Waals surface area contributed by atoms with Crippen molar-refractivity contribution in [2.45, 2.75) is 18.4 Å². The van der Waals surface area contributed by atoms with Gasteiger partial charge in [0.1, 0.15) is 5.54 Å². The minimum Gasteiger partial charge on any atom is -0.366 e. The monoisotopic (exact) mass is 313 g/mol. The van der Waals surface area contributed by atoms with Gasteiger partial charge in [0.25, 0.3) is 5.91 Å². The Morgan fingerprint density at radius 2 is 1.91 bits per heavy atom. The zero-order chi connectivity index (χ0) is 16.3. The normalized spacial score (nSPS) is 16.7. The van der Waals surface area contributed by atoms with Crippen LogP contribution < -0.4 is 16.4 Å². The first-order chi connectivity index (χ1) is 11.1. The van der Waals surface area contributed by atoms with Gasteiger partial charge < -0.3 is 16.4 Å². The number of nitrogens with two attached hydrogens (primary N) is 1. The summed E-state index contributed by atoms with van der Waals surface area (Å²) >= 11 is 0. The van der Waals surface area contributed by atoms with Gasteiger partial charge in [-0.05, 0) is 56.3 Å². The number of nitrogens with one attached hydrogen (secondary N) is 2. The van der Waals surface area contributed by atoms with Crippen molar-refractivity contribution in [1.29, 1.82) is 0 Å². The van der Waals surface area contributed by atoms with Gasteiger partial charge in [0, 0.05) is 23.6 Å². The van der Waals surface area contributed by atoms with E-state index in [9.17, 15) is 9.59 Å². The minimum absolute atomic E-state index is 0.102. The van der Waals surface area contributed by atoms with Gasteiger partial charge in [-0.1, -0.05) is 0 Å². The van der Waals surface area contributed by atoms with Crippen LogP contribution in [-0.2, 0) is 10.3 Å². The Morgan fingerprint density at radius 1 is 1.22 bits per heavy atom. The zero-order valence-corrected chi connectivity index (χ0v) is 12.7. The van der Waals surface area contributed by atoms with Crippen LogP contribution in [0.3, 0.4) is 0 Å². The molecule has 0 radical (unpaired) electrons. The van der Waals surface area contributed by atoms with Crippen molar-refractivity contribution in [3.05, 3.63) is 48.3 Å². The molecule has 2 heterocycles. The Balaban J connectivity index is 1.83. The van der Waals surface area contributed by atoms with Crippen LogP contribution in [0.5, 0.6) is 0 Å². The van der Waals surface area contributed by atoms with Gasteiger partial charge in [-0.15, -0.1) is 0 Å². The third-order valence-electron chi connectivity index (χ3n) is 4.22. The van der Waals surface area contributed by atoms with Crippen LogP contribution in [0.25, 0.3) is 0 Å². The average molecular weight is 313 g/mol. The van der Waals surface area contributed by atoms with E-state index in [-0.39, 0.29) is 5.91 Å². The van der Waals surface area contributed by atoms with Gasteiger partial charge in [0.2, 0.25) is 5.91 Å². The smallest absolute Gasteiger partial charge is 0.252 e. The molecule has 3 rings (SSSR count). The summed E-state index contributed by atoms with van der Waals surface area (Å²) in [5.41, 5.74) is 5.56. The molecule has 7 heteroatoms. The molecule has 2 aromatic rings. The predicted octanol–water partition coefficient (Wildman–Crippen LogP) is 0.699. The Hall–Kier alpha value is -2.67. The second-order valence-electron chi connectivity index (χ2n) is 5.63. The van der Waals surface area contributed by atoms with E-state index in [1.165, 1.54) is 0 Å². The Bertz CT molecular complexity index is 688. The number of hydrogen-bond acceptors (Lipinski definition) is 4. The molecule has 2 amide bonds. The van der Waals surface area contributed by atoms with Crippen LogP contribution in [0.2, 0.25) is 0 Å². The van der Waals surface area contributed by atoms with Crippen LogP contribution in [-0.4, -0.2) is 34.7 Å². The summed E-state index contributed by atoms with van der Waals surface area (Å²) in [6.45, 7) is 1.52. The molecular formula is C16H19N5O2. The van der Waals surface area contributed by atoms with Gasteiger partial charge in [-0.3, -0.25) is 14.3 Å². The molecule has 0 atom stereocenters. The van der Waals surface area contributed by atoms with Crippen molar-refractivity contribution in [2.75, 3.05) is 18.4 Å². The van der Waals surface area contributed by atoms with Crippen LogP contribution in [0.4, 0.5) is 5.69 Å². The van der Waals surface area contributed by atoms with Crippen LogP contribution in [0.1, 0.15) is 23.2 Å². The molecule has 1 aliphatic heterocycles. The number of amides is 2. The quantitative estimate of drug-likeness (QED) is 0.773. The molecule has 0 aliphatic carbocycles. The van der Waals surface area contributed by atoms with Crippen LogP contribution in [0.15, 0.2) is 42.7 Å². The number of carbonyl (C=O) groups is 2. The summed E-state index contributed by atoms with van der Waals surface area (Å²) < 4.78 is 1.74. The number of anilines is 1. The fourth-order valence-electron chi connectivity index (χ4n) is 2.89. The third-order valence-corrected chi connectivity index (χ3v) is 4.22. The van der Waals surface area contributed by atoms with Gasteiger partial charge in [-0.25, -0.2) is 0 Å². The lowest BCUT2D eigenvalue weighted by Gasteiger charge is -2.36. The summed E-state index contributed by atoms with van der Waals surface area (Å²) in [7, 11) is 0. The van der Waals surface area contributed by atoms with Crippen molar-refractivity contribution in [1.82, 2.24) is 15.1 Å². The van der Waals surface area contributed by atoms with Crippen molar-refractivity contribution in [3.63, 3.8) is 0 Å². The summed E-state index contributed by atoms with van der Waals surface area (Å²) in [4.78, 5) is 24.0. The Labute approximate surface area is 133 Å². The molecule has 120 valence electrons. The van der Waals surface area contributed by atoms with E-state index < -0.39 is 11.4 Å². The molecule has 1 aliphatic rings. The van der Waals surface area contributed by atoms with E-state index in [0.717, 1.165) is 13.1 Å². The fraction of sp³-hybridized carbons (Fsp3) is 0.312. The molecule has 0 spiro atoms. The predicted molar refractivity (Wildman–Crippen MR) is 85.9 cm³/mol. The number of aromatic nitrogens is 2. The van der Waals surface area contributed by atoms with Gasteiger partial charge >= 0.3 is 0 Å². The van der Waals surface area contributed by atoms with Crippen molar-refractivity contribution >= 4 is 17.5 Å². The van der Waals surface area contributed by atoms with E-state index >= 15 is 0 Å².